The van der Waals surface area contributed by atoms with Gasteiger partial charge in [0.15, 0.2) is 0 Å². The molecule has 0 saturated carbocycles. The summed E-state index contributed by atoms with van der Waals surface area (Å²) in [4.78, 5) is 16.2. The number of azide groups is 1. The highest BCUT2D eigenvalue weighted by Gasteiger charge is 2.15. The molecule has 16 heavy (non-hydrogen) atoms. The summed E-state index contributed by atoms with van der Waals surface area (Å²) in [7, 11) is 0. The van der Waals surface area contributed by atoms with Crippen LogP contribution in [0.1, 0.15) is 32.1 Å². The number of rotatable bonds is 5. The zero-order valence-electron chi connectivity index (χ0n) is 9.56. The zero-order chi connectivity index (χ0) is 11.6. The lowest BCUT2D eigenvalue weighted by atomic mass is 10.1. The lowest BCUT2D eigenvalue weighted by Crippen LogP contribution is -2.43. The molecule has 0 aromatic carbocycles. The molecule has 0 radical (unpaired) electrons. The van der Waals surface area contributed by atoms with Crippen molar-refractivity contribution in [2.75, 3.05) is 26.2 Å². The highest BCUT2D eigenvalue weighted by molar-refractivity contribution is 5.74. The molecule has 6 nitrogen and oxygen atoms in total. The van der Waals surface area contributed by atoms with Crippen LogP contribution in [0.15, 0.2) is 5.11 Å². The lowest BCUT2D eigenvalue weighted by molar-refractivity contribution is 0.186. The Balaban J connectivity index is 2.03. The number of likely N-dealkylation sites (tertiary alicyclic amines) is 1. The van der Waals surface area contributed by atoms with E-state index in [4.69, 9.17) is 5.53 Å². The Labute approximate surface area is 95.6 Å². The lowest BCUT2D eigenvalue weighted by Gasteiger charge is -2.26. The van der Waals surface area contributed by atoms with E-state index in [0.29, 0.717) is 13.1 Å². The van der Waals surface area contributed by atoms with Gasteiger partial charge in [-0.3, -0.25) is 0 Å². The third-order valence-corrected chi connectivity index (χ3v) is 2.67. The highest BCUT2D eigenvalue weighted by Crippen LogP contribution is 2.08. The van der Waals surface area contributed by atoms with Crippen molar-refractivity contribution in [2.24, 2.45) is 5.11 Å². The number of piperidine rings is 1. The highest BCUT2D eigenvalue weighted by atomic mass is 16.2. The molecule has 6 heteroatoms. The van der Waals surface area contributed by atoms with Gasteiger partial charge in [-0.2, -0.15) is 0 Å². The van der Waals surface area contributed by atoms with E-state index >= 15 is 0 Å². The predicted octanol–water partition coefficient (Wildman–Crippen LogP) is 2.27. The van der Waals surface area contributed by atoms with Crippen molar-refractivity contribution < 1.29 is 4.79 Å². The van der Waals surface area contributed by atoms with Crippen LogP contribution in [-0.2, 0) is 0 Å². The number of unbranched alkanes of at least 4 members (excludes halogenated alkanes) is 1. The SMILES string of the molecule is [N-]=[N+]=NCCCCNC(=O)N1CCCCC1. The summed E-state index contributed by atoms with van der Waals surface area (Å²) >= 11 is 0. The first kappa shape index (κ1) is 12.6. The molecular formula is C10H19N5O. The molecule has 1 aliphatic heterocycles. The largest absolute Gasteiger partial charge is 0.338 e. The second kappa shape index (κ2) is 7.82. The first-order chi connectivity index (χ1) is 7.84. The Morgan fingerprint density at radius 2 is 2.06 bits per heavy atom. The molecule has 0 bridgehead atoms. The maximum Gasteiger partial charge on any atom is 0.317 e. The van der Waals surface area contributed by atoms with E-state index in [1.54, 1.807) is 0 Å². The maximum atomic E-state index is 11.6. The van der Waals surface area contributed by atoms with Crippen molar-refractivity contribution in [2.45, 2.75) is 32.1 Å². The molecule has 0 unspecified atom stereocenters. The van der Waals surface area contributed by atoms with Crippen molar-refractivity contribution in [3.8, 4) is 0 Å². The standard InChI is InChI=1S/C10H19N5O/c11-14-13-7-3-2-6-12-10(16)15-8-4-1-5-9-15/h1-9H2,(H,12,16). The zero-order valence-corrected chi connectivity index (χ0v) is 9.56. The van der Waals surface area contributed by atoms with Crippen molar-refractivity contribution in [1.82, 2.24) is 10.2 Å². The summed E-state index contributed by atoms with van der Waals surface area (Å²) in [5, 5.41) is 6.32. The van der Waals surface area contributed by atoms with E-state index in [2.05, 4.69) is 15.3 Å². The monoisotopic (exact) mass is 225 g/mol. The molecule has 1 heterocycles. The van der Waals surface area contributed by atoms with Crippen molar-refractivity contribution >= 4 is 6.03 Å². The van der Waals surface area contributed by atoms with Gasteiger partial charge in [0.1, 0.15) is 0 Å². The number of urea groups is 1. The Morgan fingerprint density at radius 1 is 1.31 bits per heavy atom. The quantitative estimate of drug-likeness (QED) is 0.331. The minimum absolute atomic E-state index is 0.0449. The van der Waals surface area contributed by atoms with Crippen LogP contribution >= 0.6 is 0 Å². The molecule has 0 spiro atoms. The third kappa shape index (κ3) is 4.89. The van der Waals surface area contributed by atoms with Crippen molar-refractivity contribution in [1.29, 1.82) is 0 Å². The van der Waals surface area contributed by atoms with Gasteiger partial charge >= 0.3 is 6.03 Å². The van der Waals surface area contributed by atoms with E-state index < -0.39 is 0 Å². The van der Waals surface area contributed by atoms with Crippen LogP contribution in [0.25, 0.3) is 10.4 Å². The normalized spacial score (nSPS) is 15.4. The molecule has 0 atom stereocenters. The molecule has 1 aliphatic rings. The van der Waals surface area contributed by atoms with E-state index in [1.165, 1.54) is 6.42 Å². The first-order valence-electron chi connectivity index (χ1n) is 5.88. The molecule has 1 rings (SSSR count). The fourth-order valence-electron chi connectivity index (χ4n) is 1.76. The van der Waals surface area contributed by atoms with Crippen LogP contribution in [0.5, 0.6) is 0 Å². The summed E-state index contributed by atoms with van der Waals surface area (Å²) in [5.74, 6) is 0. The molecule has 1 saturated heterocycles. The van der Waals surface area contributed by atoms with Gasteiger partial charge in [0, 0.05) is 31.1 Å². The minimum atomic E-state index is 0.0449. The van der Waals surface area contributed by atoms with Gasteiger partial charge in [0.2, 0.25) is 0 Å². The topological polar surface area (TPSA) is 81.1 Å². The van der Waals surface area contributed by atoms with E-state index in [1.807, 2.05) is 4.90 Å². The smallest absolute Gasteiger partial charge is 0.317 e. The molecule has 0 aromatic rings. The van der Waals surface area contributed by atoms with E-state index in [-0.39, 0.29) is 6.03 Å². The third-order valence-electron chi connectivity index (χ3n) is 2.67. The van der Waals surface area contributed by atoms with Crippen molar-refractivity contribution in [3.05, 3.63) is 10.4 Å². The average molecular weight is 225 g/mol. The molecule has 1 fully saturated rings. The Morgan fingerprint density at radius 3 is 2.75 bits per heavy atom. The predicted molar refractivity (Wildman–Crippen MR) is 62.1 cm³/mol. The molecule has 2 amide bonds. The number of nitrogens with zero attached hydrogens (tertiary/aromatic N) is 4. The van der Waals surface area contributed by atoms with Gasteiger partial charge in [0.25, 0.3) is 0 Å². The van der Waals surface area contributed by atoms with Gasteiger partial charge in [-0.1, -0.05) is 5.11 Å². The molecule has 1 N–H and O–H groups in total. The van der Waals surface area contributed by atoms with Crippen LogP contribution in [0.4, 0.5) is 4.79 Å². The summed E-state index contributed by atoms with van der Waals surface area (Å²) in [6, 6.07) is 0.0449. The van der Waals surface area contributed by atoms with Gasteiger partial charge in [-0.25, -0.2) is 4.79 Å². The van der Waals surface area contributed by atoms with Gasteiger partial charge in [-0.05, 0) is 37.6 Å². The second-order valence-corrected chi connectivity index (χ2v) is 3.94. The number of amides is 2. The molecule has 0 aliphatic carbocycles. The van der Waals surface area contributed by atoms with E-state index in [9.17, 15) is 4.79 Å². The number of hydrogen-bond acceptors (Lipinski definition) is 2. The summed E-state index contributed by atoms with van der Waals surface area (Å²) < 4.78 is 0. The Hall–Kier alpha value is -1.42. The van der Waals surface area contributed by atoms with E-state index in [0.717, 1.165) is 38.8 Å². The number of carbonyl (C=O) groups is 1. The van der Waals surface area contributed by atoms with Crippen LogP contribution in [0.2, 0.25) is 0 Å². The molecule has 90 valence electrons. The summed E-state index contributed by atoms with van der Waals surface area (Å²) in [5.41, 5.74) is 8.06. The fraction of sp³-hybridized carbons (Fsp3) is 0.900. The van der Waals surface area contributed by atoms with Gasteiger partial charge in [-0.15, -0.1) is 0 Å². The van der Waals surface area contributed by atoms with Crippen LogP contribution in [0, 0.1) is 0 Å². The summed E-state index contributed by atoms with van der Waals surface area (Å²) in [6.45, 7) is 2.93. The summed E-state index contributed by atoms with van der Waals surface area (Å²) in [6.07, 6.45) is 5.15. The maximum absolute atomic E-state index is 11.6. The van der Waals surface area contributed by atoms with Crippen LogP contribution in [0.3, 0.4) is 0 Å². The second-order valence-electron chi connectivity index (χ2n) is 3.94. The Bertz CT molecular complexity index is 256. The molecular weight excluding hydrogens is 206 g/mol. The van der Waals surface area contributed by atoms with Crippen LogP contribution < -0.4 is 5.32 Å². The average Bonchev–Trinajstić information content (AvgIpc) is 2.34. The van der Waals surface area contributed by atoms with Gasteiger partial charge in [0.05, 0.1) is 0 Å². The fourth-order valence-corrected chi connectivity index (χ4v) is 1.76. The molecule has 0 aromatic heterocycles. The minimum Gasteiger partial charge on any atom is -0.338 e. The first-order valence-corrected chi connectivity index (χ1v) is 5.88. The number of hydrogen-bond donors (Lipinski definition) is 1. The number of nitrogens with one attached hydrogen (secondary N) is 1. The van der Waals surface area contributed by atoms with Crippen molar-refractivity contribution in [3.63, 3.8) is 0 Å². The van der Waals surface area contributed by atoms with Crippen LogP contribution in [-0.4, -0.2) is 37.1 Å². The Kier molecular flexibility index (Phi) is 6.18. The number of carbonyl (C=O) groups excluding carboxylic acids is 1. The van der Waals surface area contributed by atoms with Gasteiger partial charge < -0.3 is 10.2 Å².